The summed E-state index contributed by atoms with van der Waals surface area (Å²) in [6.45, 7) is 7.36. The lowest BCUT2D eigenvalue weighted by molar-refractivity contribution is -0.143. The van der Waals surface area contributed by atoms with Crippen LogP contribution in [0.4, 0.5) is 0 Å². The fourth-order valence-corrected chi connectivity index (χ4v) is 1.77. The third-order valence-electron chi connectivity index (χ3n) is 2.89. The van der Waals surface area contributed by atoms with Gasteiger partial charge in [0.15, 0.2) is 0 Å². The Hall–Kier alpha value is -1.51. The van der Waals surface area contributed by atoms with E-state index in [1.165, 1.54) is 5.56 Å². The van der Waals surface area contributed by atoms with Crippen LogP contribution in [0.1, 0.15) is 45.6 Å². The normalized spacial score (nSPS) is 10.6. The van der Waals surface area contributed by atoms with Crippen LogP contribution in [-0.4, -0.2) is 19.2 Å². The Morgan fingerprint density at radius 1 is 1.25 bits per heavy atom. The summed E-state index contributed by atoms with van der Waals surface area (Å²) in [5.41, 5.74) is 1.27. The Labute approximate surface area is 122 Å². The van der Waals surface area contributed by atoms with Crippen LogP contribution in [0.3, 0.4) is 0 Å². The van der Waals surface area contributed by atoms with Crippen LogP contribution in [0, 0.1) is 5.92 Å². The maximum Gasteiger partial charge on any atom is 0.305 e. The van der Waals surface area contributed by atoms with Crippen molar-refractivity contribution in [2.45, 2.75) is 46.5 Å². The smallest absolute Gasteiger partial charge is 0.305 e. The molecule has 20 heavy (non-hydrogen) atoms. The van der Waals surface area contributed by atoms with Crippen molar-refractivity contribution in [1.29, 1.82) is 0 Å². The van der Waals surface area contributed by atoms with Crippen molar-refractivity contribution in [1.82, 2.24) is 0 Å². The Balaban J connectivity index is 2.26. The lowest BCUT2D eigenvalue weighted by atomic mass is 10.1. The first-order chi connectivity index (χ1) is 9.61. The molecule has 0 radical (unpaired) electrons. The van der Waals surface area contributed by atoms with Crippen molar-refractivity contribution < 1.29 is 14.3 Å². The summed E-state index contributed by atoms with van der Waals surface area (Å²) < 4.78 is 10.8. The Morgan fingerprint density at radius 2 is 2.05 bits per heavy atom. The highest BCUT2D eigenvalue weighted by Crippen LogP contribution is 2.16. The molecule has 1 aromatic carbocycles. The SMILES string of the molecule is CCC(=O)OCCCCc1cccc(OCC(C)C)c1. The minimum absolute atomic E-state index is 0.117. The van der Waals surface area contributed by atoms with E-state index in [0.717, 1.165) is 31.6 Å². The first-order valence-corrected chi connectivity index (χ1v) is 7.49. The molecule has 3 nitrogen and oxygen atoms in total. The summed E-state index contributed by atoms with van der Waals surface area (Å²) in [7, 11) is 0. The average Bonchev–Trinajstić information content (AvgIpc) is 2.45. The molecular formula is C17H26O3. The first-order valence-electron chi connectivity index (χ1n) is 7.49. The molecule has 0 amide bonds. The first kappa shape index (κ1) is 16.5. The summed E-state index contributed by atoms with van der Waals surface area (Å²) >= 11 is 0. The number of carbonyl (C=O) groups excluding carboxylic acids is 1. The number of unbranched alkanes of at least 4 members (excludes halogenated alkanes) is 1. The molecule has 0 aliphatic heterocycles. The molecule has 0 aliphatic rings. The van der Waals surface area contributed by atoms with E-state index in [2.05, 4.69) is 26.0 Å². The van der Waals surface area contributed by atoms with Gasteiger partial charge < -0.3 is 9.47 Å². The quantitative estimate of drug-likeness (QED) is 0.506. The maximum atomic E-state index is 11.0. The summed E-state index contributed by atoms with van der Waals surface area (Å²) in [5.74, 6) is 1.36. The molecule has 0 saturated heterocycles. The molecule has 112 valence electrons. The van der Waals surface area contributed by atoms with Gasteiger partial charge in [-0.25, -0.2) is 0 Å². The van der Waals surface area contributed by atoms with Gasteiger partial charge in [-0.05, 0) is 42.9 Å². The Morgan fingerprint density at radius 3 is 2.75 bits per heavy atom. The zero-order valence-corrected chi connectivity index (χ0v) is 12.9. The average molecular weight is 278 g/mol. The highest BCUT2D eigenvalue weighted by molar-refractivity contribution is 5.68. The van der Waals surface area contributed by atoms with Gasteiger partial charge in [0.1, 0.15) is 5.75 Å². The lowest BCUT2D eigenvalue weighted by Crippen LogP contribution is -2.05. The molecule has 0 bridgehead atoms. The van der Waals surface area contributed by atoms with Crippen molar-refractivity contribution in [2.24, 2.45) is 5.92 Å². The molecule has 0 unspecified atom stereocenters. The number of aryl methyl sites for hydroxylation is 1. The number of rotatable bonds is 9. The van der Waals surface area contributed by atoms with Gasteiger partial charge in [-0.15, -0.1) is 0 Å². The van der Waals surface area contributed by atoms with Gasteiger partial charge >= 0.3 is 5.97 Å². The summed E-state index contributed by atoms with van der Waals surface area (Å²) in [4.78, 5) is 11.0. The van der Waals surface area contributed by atoms with E-state index in [4.69, 9.17) is 9.47 Å². The monoisotopic (exact) mass is 278 g/mol. The summed E-state index contributed by atoms with van der Waals surface area (Å²) in [6.07, 6.45) is 3.37. The maximum absolute atomic E-state index is 11.0. The largest absolute Gasteiger partial charge is 0.493 e. The van der Waals surface area contributed by atoms with E-state index in [0.29, 0.717) is 18.9 Å². The highest BCUT2D eigenvalue weighted by atomic mass is 16.5. The van der Waals surface area contributed by atoms with E-state index in [1.807, 2.05) is 19.1 Å². The van der Waals surface area contributed by atoms with E-state index >= 15 is 0 Å². The molecule has 1 aromatic rings. The second kappa shape index (κ2) is 9.40. The molecule has 1 rings (SSSR count). The predicted octanol–water partition coefficient (Wildman–Crippen LogP) is 4.00. The van der Waals surface area contributed by atoms with E-state index < -0.39 is 0 Å². The summed E-state index contributed by atoms with van der Waals surface area (Å²) in [5, 5.41) is 0. The minimum Gasteiger partial charge on any atom is -0.493 e. The number of ether oxygens (including phenoxy) is 2. The third-order valence-corrected chi connectivity index (χ3v) is 2.89. The lowest BCUT2D eigenvalue weighted by Gasteiger charge is -2.10. The molecule has 0 N–H and O–H groups in total. The van der Waals surface area contributed by atoms with Crippen molar-refractivity contribution in [3.05, 3.63) is 29.8 Å². The van der Waals surface area contributed by atoms with Gasteiger partial charge in [0.05, 0.1) is 13.2 Å². The van der Waals surface area contributed by atoms with Crippen molar-refractivity contribution in [3.63, 3.8) is 0 Å². The number of esters is 1. The van der Waals surface area contributed by atoms with Gasteiger partial charge in [-0.1, -0.05) is 32.9 Å². The molecular weight excluding hydrogens is 252 g/mol. The zero-order chi connectivity index (χ0) is 14.8. The van der Waals surface area contributed by atoms with Crippen LogP contribution in [0.25, 0.3) is 0 Å². The van der Waals surface area contributed by atoms with Gasteiger partial charge in [0.2, 0.25) is 0 Å². The number of carbonyl (C=O) groups is 1. The zero-order valence-electron chi connectivity index (χ0n) is 12.9. The van der Waals surface area contributed by atoms with Gasteiger partial charge in [0.25, 0.3) is 0 Å². The Kier molecular flexibility index (Phi) is 7.78. The standard InChI is InChI=1S/C17H26O3/c1-4-17(18)19-11-6-5-8-15-9-7-10-16(12-15)20-13-14(2)3/h7,9-10,12,14H,4-6,8,11,13H2,1-3H3. The molecule has 0 fully saturated rings. The van der Waals surface area contributed by atoms with Crippen LogP contribution in [-0.2, 0) is 16.0 Å². The van der Waals surface area contributed by atoms with Crippen molar-refractivity contribution in [3.8, 4) is 5.75 Å². The number of benzene rings is 1. The second-order valence-corrected chi connectivity index (χ2v) is 5.38. The molecule has 3 heteroatoms. The van der Waals surface area contributed by atoms with Crippen LogP contribution in [0.15, 0.2) is 24.3 Å². The van der Waals surface area contributed by atoms with Crippen molar-refractivity contribution in [2.75, 3.05) is 13.2 Å². The van der Waals surface area contributed by atoms with Crippen LogP contribution in [0.5, 0.6) is 5.75 Å². The number of hydrogen-bond donors (Lipinski definition) is 0. The van der Waals surface area contributed by atoms with Crippen LogP contribution >= 0.6 is 0 Å². The molecule has 0 heterocycles. The van der Waals surface area contributed by atoms with E-state index in [9.17, 15) is 4.79 Å². The predicted molar refractivity (Wildman–Crippen MR) is 81.0 cm³/mol. The van der Waals surface area contributed by atoms with Crippen molar-refractivity contribution >= 4 is 5.97 Å². The van der Waals surface area contributed by atoms with Gasteiger partial charge in [0, 0.05) is 6.42 Å². The van der Waals surface area contributed by atoms with Gasteiger partial charge in [-0.3, -0.25) is 4.79 Å². The molecule has 0 spiro atoms. The minimum atomic E-state index is -0.117. The van der Waals surface area contributed by atoms with E-state index in [-0.39, 0.29) is 5.97 Å². The third kappa shape index (κ3) is 7.17. The Bertz CT molecular complexity index is 399. The van der Waals surface area contributed by atoms with E-state index in [1.54, 1.807) is 0 Å². The molecule has 0 aromatic heterocycles. The summed E-state index contributed by atoms with van der Waals surface area (Å²) in [6, 6.07) is 8.23. The van der Waals surface area contributed by atoms with Crippen LogP contribution < -0.4 is 4.74 Å². The van der Waals surface area contributed by atoms with Crippen LogP contribution in [0.2, 0.25) is 0 Å². The highest BCUT2D eigenvalue weighted by Gasteiger charge is 2.01. The molecule has 0 saturated carbocycles. The molecule has 0 atom stereocenters. The van der Waals surface area contributed by atoms with Gasteiger partial charge in [-0.2, -0.15) is 0 Å². The fourth-order valence-electron chi connectivity index (χ4n) is 1.77. The second-order valence-electron chi connectivity index (χ2n) is 5.38. The topological polar surface area (TPSA) is 35.5 Å². The number of hydrogen-bond acceptors (Lipinski definition) is 3. The molecule has 0 aliphatic carbocycles. The fraction of sp³-hybridized carbons (Fsp3) is 0.588.